The van der Waals surface area contributed by atoms with Crippen LogP contribution in [0.3, 0.4) is 0 Å². The highest BCUT2D eigenvalue weighted by Crippen LogP contribution is 2.29. The molecular formula is C13H9F2IN2OS. The fraction of sp³-hybridized carbons (Fsp3) is 0.0769. The molecule has 0 fully saturated rings. The molecule has 2 aromatic rings. The van der Waals surface area contributed by atoms with Gasteiger partial charge in [0, 0.05) is 4.88 Å². The lowest BCUT2D eigenvalue weighted by Gasteiger charge is -2.07. The van der Waals surface area contributed by atoms with Gasteiger partial charge in [0.05, 0.1) is 10.6 Å². The Hall–Kier alpha value is -1.35. The summed E-state index contributed by atoms with van der Waals surface area (Å²) in [4.78, 5) is 13.4. The number of anilines is 1. The quantitative estimate of drug-likeness (QED) is 0.578. The molecule has 104 valence electrons. The van der Waals surface area contributed by atoms with Crippen molar-refractivity contribution in [3.63, 3.8) is 0 Å². The van der Waals surface area contributed by atoms with E-state index in [0.717, 1.165) is 17.0 Å². The Morgan fingerprint density at radius 1 is 1.35 bits per heavy atom. The van der Waals surface area contributed by atoms with E-state index in [1.54, 1.807) is 6.07 Å². The molecule has 20 heavy (non-hydrogen) atoms. The monoisotopic (exact) mass is 406 g/mol. The third kappa shape index (κ3) is 3.04. The van der Waals surface area contributed by atoms with Gasteiger partial charge >= 0.3 is 0 Å². The van der Waals surface area contributed by atoms with Crippen molar-refractivity contribution < 1.29 is 13.6 Å². The number of rotatable bonds is 3. The third-order valence-corrected chi connectivity index (χ3v) is 4.47. The Labute approximate surface area is 131 Å². The van der Waals surface area contributed by atoms with E-state index in [9.17, 15) is 13.6 Å². The summed E-state index contributed by atoms with van der Waals surface area (Å²) in [6, 6.07) is 4.92. The second kappa shape index (κ2) is 5.96. The van der Waals surface area contributed by atoms with Crippen LogP contribution < -0.4 is 5.32 Å². The minimum Gasteiger partial charge on any atom is -0.320 e. The summed E-state index contributed by atoms with van der Waals surface area (Å²) in [6.07, 6.45) is 0. The van der Waals surface area contributed by atoms with Gasteiger partial charge in [-0.25, -0.2) is 8.78 Å². The summed E-state index contributed by atoms with van der Waals surface area (Å²) in [5, 5.41) is 10.1. The van der Waals surface area contributed by atoms with Crippen LogP contribution in [0.2, 0.25) is 0 Å². The predicted molar refractivity (Wildman–Crippen MR) is 84.2 cm³/mol. The smallest absolute Gasteiger partial charge is 0.261 e. The molecule has 0 aliphatic carbocycles. The molecule has 0 atom stereocenters. The first-order valence-electron chi connectivity index (χ1n) is 5.50. The fourth-order valence-electron chi connectivity index (χ4n) is 1.67. The van der Waals surface area contributed by atoms with Crippen molar-refractivity contribution in [2.45, 2.75) is 6.92 Å². The maximum atomic E-state index is 13.5. The van der Waals surface area contributed by atoms with Gasteiger partial charge in [0.2, 0.25) is 0 Å². The van der Waals surface area contributed by atoms with E-state index in [0.29, 0.717) is 10.6 Å². The number of amides is 1. The highest BCUT2D eigenvalue weighted by molar-refractivity contribution is 14.1. The van der Waals surface area contributed by atoms with Crippen LogP contribution >= 0.6 is 33.9 Å². The number of carbonyl (C=O) groups is 1. The minimum atomic E-state index is -0.916. The first-order chi connectivity index (χ1) is 9.40. The normalized spacial score (nSPS) is 10.4. The summed E-state index contributed by atoms with van der Waals surface area (Å²) >= 11 is 3.15. The molecule has 0 spiro atoms. The van der Waals surface area contributed by atoms with Crippen LogP contribution in [0.4, 0.5) is 14.5 Å². The molecule has 2 rings (SSSR count). The third-order valence-electron chi connectivity index (χ3n) is 2.49. The fourth-order valence-corrected chi connectivity index (χ4v) is 3.10. The van der Waals surface area contributed by atoms with E-state index in [4.69, 9.17) is 5.41 Å². The Morgan fingerprint density at radius 2 is 1.95 bits per heavy atom. The molecule has 0 aliphatic rings. The summed E-state index contributed by atoms with van der Waals surface area (Å²) < 4.78 is 27.3. The molecule has 1 aromatic heterocycles. The molecule has 0 bridgehead atoms. The van der Waals surface area contributed by atoms with E-state index >= 15 is 0 Å². The van der Waals surface area contributed by atoms with Gasteiger partial charge in [-0.05, 0) is 47.7 Å². The minimum absolute atomic E-state index is 0.255. The van der Waals surface area contributed by atoms with Crippen molar-refractivity contribution in [2.75, 3.05) is 5.32 Å². The standard InChI is InChI=1S/C13H9F2IN2OS/c1-6-5-9(11(20-6)12(16)17)18-13(19)10-7(14)3-2-4-8(10)15/h2-5,17H,1H3,(H,18,19). The largest absolute Gasteiger partial charge is 0.320 e. The zero-order chi connectivity index (χ0) is 14.9. The van der Waals surface area contributed by atoms with Crippen molar-refractivity contribution in [1.29, 1.82) is 5.41 Å². The van der Waals surface area contributed by atoms with Crippen molar-refractivity contribution in [3.8, 4) is 0 Å². The second-order valence-electron chi connectivity index (χ2n) is 3.96. The predicted octanol–water partition coefficient (Wildman–Crippen LogP) is 4.35. The first-order valence-corrected chi connectivity index (χ1v) is 7.40. The Balaban J connectivity index is 2.35. The topological polar surface area (TPSA) is 53.0 Å². The van der Waals surface area contributed by atoms with Crippen LogP contribution in [0.5, 0.6) is 0 Å². The summed E-state index contributed by atoms with van der Waals surface area (Å²) in [5.74, 6) is -2.70. The van der Waals surface area contributed by atoms with Gasteiger partial charge in [-0.15, -0.1) is 11.3 Å². The number of hydrogen-bond donors (Lipinski definition) is 2. The summed E-state index contributed by atoms with van der Waals surface area (Å²) in [5.41, 5.74) is -0.234. The van der Waals surface area contributed by atoms with E-state index in [-0.39, 0.29) is 3.72 Å². The molecule has 1 aromatic carbocycles. The molecule has 1 amide bonds. The number of aryl methyl sites for hydroxylation is 1. The van der Waals surface area contributed by atoms with Crippen LogP contribution in [0.1, 0.15) is 20.1 Å². The van der Waals surface area contributed by atoms with Gasteiger partial charge in [0.1, 0.15) is 20.9 Å². The molecule has 0 aliphatic heterocycles. The van der Waals surface area contributed by atoms with Crippen molar-refractivity contribution in [2.24, 2.45) is 0 Å². The number of carbonyl (C=O) groups excluding carboxylic acids is 1. The van der Waals surface area contributed by atoms with Crippen LogP contribution in [-0.4, -0.2) is 9.63 Å². The Morgan fingerprint density at radius 3 is 2.50 bits per heavy atom. The highest BCUT2D eigenvalue weighted by atomic mass is 127. The SMILES string of the molecule is Cc1cc(NC(=O)c2c(F)cccc2F)c(C(=N)I)s1. The lowest BCUT2D eigenvalue weighted by atomic mass is 10.2. The van der Waals surface area contributed by atoms with Crippen molar-refractivity contribution in [3.05, 3.63) is 51.2 Å². The van der Waals surface area contributed by atoms with Crippen LogP contribution in [0, 0.1) is 24.0 Å². The number of halogens is 3. The highest BCUT2D eigenvalue weighted by Gasteiger charge is 2.19. The molecule has 1 heterocycles. The van der Waals surface area contributed by atoms with Crippen molar-refractivity contribution >= 4 is 49.2 Å². The molecule has 0 saturated heterocycles. The van der Waals surface area contributed by atoms with Gasteiger partial charge < -0.3 is 5.32 Å². The van der Waals surface area contributed by atoms with E-state index in [1.165, 1.54) is 17.4 Å². The molecule has 0 saturated carbocycles. The maximum absolute atomic E-state index is 13.5. The van der Waals surface area contributed by atoms with Gasteiger partial charge in [-0.2, -0.15) is 0 Å². The van der Waals surface area contributed by atoms with Gasteiger partial charge in [0.15, 0.2) is 0 Å². The lowest BCUT2D eigenvalue weighted by molar-refractivity contribution is 0.101. The van der Waals surface area contributed by atoms with Gasteiger partial charge in [-0.3, -0.25) is 10.2 Å². The summed E-state index contributed by atoms with van der Waals surface area (Å²) in [6.45, 7) is 1.83. The zero-order valence-electron chi connectivity index (χ0n) is 10.3. The van der Waals surface area contributed by atoms with E-state index in [1.807, 2.05) is 29.5 Å². The lowest BCUT2D eigenvalue weighted by Crippen LogP contribution is -2.16. The van der Waals surface area contributed by atoms with Gasteiger partial charge in [0.25, 0.3) is 5.91 Å². The molecule has 7 heteroatoms. The maximum Gasteiger partial charge on any atom is 0.261 e. The molecule has 3 nitrogen and oxygen atoms in total. The second-order valence-corrected chi connectivity index (χ2v) is 6.30. The van der Waals surface area contributed by atoms with Crippen LogP contribution in [0.25, 0.3) is 0 Å². The number of nitrogens with one attached hydrogen (secondary N) is 2. The van der Waals surface area contributed by atoms with Crippen LogP contribution in [0.15, 0.2) is 24.3 Å². The van der Waals surface area contributed by atoms with Crippen molar-refractivity contribution in [1.82, 2.24) is 0 Å². The van der Waals surface area contributed by atoms with E-state index in [2.05, 4.69) is 5.32 Å². The Bertz CT molecular complexity index is 679. The summed E-state index contributed by atoms with van der Waals surface area (Å²) in [7, 11) is 0. The Kier molecular flexibility index (Phi) is 4.48. The number of hydrogen-bond acceptors (Lipinski definition) is 3. The van der Waals surface area contributed by atoms with Crippen LogP contribution in [-0.2, 0) is 0 Å². The molecular weight excluding hydrogens is 397 g/mol. The molecule has 0 radical (unpaired) electrons. The number of benzene rings is 1. The average Bonchev–Trinajstić information content (AvgIpc) is 2.70. The average molecular weight is 406 g/mol. The molecule has 2 N–H and O–H groups in total. The molecule has 0 unspecified atom stereocenters. The zero-order valence-corrected chi connectivity index (χ0v) is 13.2. The first kappa shape index (κ1) is 15.0. The number of thiophene rings is 1. The van der Waals surface area contributed by atoms with E-state index < -0.39 is 23.1 Å². The van der Waals surface area contributed by atoms with Gasteiger partial charge in [-0.1, -0.05) is 6.07 Å².